The van der Waals surface area contributed by atoms with Crippen molar-refractivity contribution in [3.63, 3.8) is 0 Å². The zero-order valence-corrected chi connectivity index (χ0v) is 9.51. The molecule has 0 atom stereocenters. The van der Waals surface area contributed by atoms with E-state index in [-0.39, 0.29) is 0 Å². The summed E-state index contributed by atoms with van der Waals surface area (Å²) in [5, 5.41) is 8.92. The minimum Gasteiger partial charge on any atom is -0.249 e. The van der Waals surface area contributed by atoms with Gasteiger partial charge in [0.05, 0.1) is 11.5 Å². The first-order valence-electron chi connectivity index (χ1n) is 4.01. The standard InChI is InChI=1S/C10H11BrN2/c1-7-4-8(5-13-9(7)11)10(2,3)6-12/h4-5H,1-3H3. The van der Waals surface area contributed by atoms with Crippen molar-refractivity contribution < 1.29 is 0 Å². The van der Waals surface area contributed by atoms with Crippen LogP contribution < -0.4 is 0 Å². The molecular weight excluding hydrogens is 228 g/mol. The summed E-state index contributed by atoms with van der Waals surface area (Å²) in [6.45, 7) is 5.74. The van der Waals surface area contributed by atoms with Crippen LogP contribution in [0.15, 0.2) is 16.9 Å². The maximum Gasteiger partial charge on any atom is 0.108 e. The smallest absolute Gasteiger partial charge is 0.108 e. The van der Waals surface area contributed by atoms with Crippen LogP contribution in [0.3, 0.4) is 0 Å². The predicted molar refractivity (Wildman–Crippen MR) is 55.3 cm³/mol. The fourth-order valence-electron chi connectivity index (χ4n) is 0.964. The first-order chi connectivity index (χ1) is 5.97. The molecule has 68 valence electrons. The van der Waals surface area contributed by atoms with Crippen molar-refractivity contribution in [2.75, 3.05) is 0 Å². The van der Waals surface area contributed by atoms with Crippen LogP contribution in [0.1, 0.15) is 25.0 Å². The third-order valence-corrected chi connectivity index (χ3v) is 2.85. The van der Waals surface area contributed by atoms with Gasteiger partial charge in [-0.3, -0.25) is 0 Å². The number of pyridine rings is 1. The molecule has 0 bridgehead atoms. The summed E-state index contributed by atoms with van der Waals surface area (Å²) in [4.78, 5) is 4.16. The molecule has 1 aromatic rings. The van der Waals surface area contributed by atoms with Gasteiger partial charge < -0.3 is 0 Å². The van der Waals surface area contributed by atoms with Crippen molar-refractivity contribution in [1.82, 2.24) is 4.98 Å². The average molecular weight is 239 g/mol. The third-order valence-electron chi connectivity index (χ3n) is 2.02. The molecule has 0 N–H and O–H groups in total. The average Bonchev–Trinajstić information content (AvgIpc) is 2.09. The van der Waals surface area contributed by atoms with Gasteiger partial charge in [0.2, 0.25) is 0 Å². The number of nitrogens with zero attached hydrogens (tertiary/aromatic N) is 2. The van der Waals surface area contributed by atoms with E-state index in [9.17, 15) is 0 Å². The van der Waals surface area contributed by atoms with E-state index in [4.69, 9.17) is 5.26 Å². The molecule has 0 amide bonds. The predicted octanol–water partition coefficient (Wildman–Crippen LogP) is 2.95. The molecule has 0 aliphatic heterocycles. The molecular formula is C10H11BrN2. The van der Waals surface area contributed by atoms with E-state index >= 15 is 0 Å². The van der Waals surface area contributed by atoms with Crippen molar-refractivity contribution in [2.24, 2.45) is 0 Å². The Morgan fingerprint density at radius 2 is 2.15 bits per heavy atom. The summed E-state index contributed by atoms with van der Waals surface area (Å²) >= 11 is 3.32. The van der Waals surface area contributed by atoms with E-state index in [2.05, 4.69) is 27.0 Å². The quantitative estimate of drug-likeness (QED) is 0.706. The fraction of sp³-hybridized carbons (Fsp3) is 0.400. The van der Waals surface area contributed by atoms with Gasteiger partial charge in [0.1, 0.15) is 4.60 Å². The highest BCUT2D eigenvalue weighted by atomic mass is 79.9. The fourth-order valence-corrected chi connectivity index (χ4v) is 1.18. The van der Waals surface area contributed by atoms with E-state index in [1.54, 1.807) is 6.20 Å². The SMILES string of the molecule is Cc1cc(C(C)(C)C#N)cnc1Br. The Balaban J connectivity index is 3.20. The van der Waals surface area contributed by atoms with Crippen LogP contribution in [0, 0.1) is 18.3 Å². The van der Waals surface area contributed by atoms with Crippen LogP contribution >= 0.6 is 15.9 Å². The zero-order valence-electron chi connectivity index (χ0n) is 7.93. The minimum absolute atomic E-state index is 0.460. The molecule has 0 aromatic carbocycles. The molecule has 0 unspecified atom stereocenters. The second kappa shape index (κ2) is 3.47. The van der Waals surface area contributed by atoms with Crippen LogP contribution in [-0.4, -0.2) is 4.98 Å². The monoisotopic (exact) mass is 238 g/mol. The molecule has 0 spiro atoms. The van der Waals surface area contributed by atoms with Gasteiger partial charge in [0, 0.05) is 6.20 Å². The second-order valence-electron chi connectivity index (χ2n) is 3.57. The van der Waals surface area contributed by atoms with Gasteiger partial charge >= 0.3 is 0 Å². The maximum atomic E-state index is 8.92. The molecule has 0 saturated carbocycles. The number of nitriles is 1. The van der Waals surface area contributed by atoms with Crippen LogP contribution in [0.25, 0.3) is 0 Å². The van der Waals surface area contributed by atoms with E-state index < -0.39 is 5.41 Å². The van der Waals surface area contributed by atoms with Gasteiger partial charge in [0.25, 0.3) is 0 Å². The lowest BCUT2D eigenvalue weighted by atomic mass is 9.87. The lowest BCUT2D eigenvalue weighted by Gasteiger charge is -2.15. The highest BCUT2D eigenvalue weighted by Gasteiger charge is 2.20. The summed E-state index contributed by atoms with van der Waals surface area (Å²) in [7, 11) is 0. The van der Waals surface area contributed by atoms with Crippen LogP contribution in [0.5, 0.6) is 0 Å². The third kappa shape index (κ3) is 2.07. The van der Waals surface area contributed by atoms with Crippen molar-refractivity contribution >= 4 is 15.9 Å². The Hall–Kier alpha value is -0.880. The molecule has 0 aliphatic rings. The number of aromatic nitrogens is 1. The Bertz CT molecular complexity index is 364. The van der Waals surface area contributed by atoms with E-state index in [0.29, 0.717) is 0 Å². The molecule has 1 heterocycles. The summed E-state index contributed by atoms with van der Waals surface area (Å²) < 4.78 is 0.838. The van der Waals surface area contributed by atoms with Crippen LogP contribution in [-0.2, 0) is 5.41 Å². The number of rotatable bonds is 1. The number of halogens is 1. The molecule has 0 aliphatic carbocycles. The van der Waals surface area contributed by atoms with Gasteiger partial charge in [-0.1, -0.05) is 6.07 Å². The van der Waals surface area contributed by atoms with Gasteiger partial charge in [0.15, 0.2) is 0 Å². The lowest BCUT2D eigenvalue weighted by Crippen LogP contribution is -2.14. The summed E-state index contributed by atoms with van der Waals surface area (Å²) in [6, 6.07) is 4.24. The number of aryl methyl sites for hydroxylation is 1. The first-order valence-corrected chi connectivity index (χ1v) is 4.80. The van der Waals surface area contributed by atoms with Gasteiger partial charge in [-0.15, -0.1) is 0 Å². The highest BCUT2D eigenvalue weighted by molar-refractivity contribution is 9.10. The molecule has 13 heavy (non-hydrogen) atoms. The normalized spacial score (nSPS) is 11.0. The van der Waals surface area contributed by atoms with Crippen LogP contribution in [0.4, 0.5) is 0 Å². The molecule has 1 rings (SSSR count). The molecule has 3 heteroatoms. The molecule has 0 radical (unpaired) electrons. The Labute approximate surface area is 86.7 Å². The highest BCUT2D eigenvalue weighted by Crippen LogP contribution is 2.24. The summed E-state index contributed by atoms with van der Waals surface area (Å²) in [5.41, 5.74) is 1.55. The largest absolute Gasteiger partial charge is 0.249 e. The summed E-state index contributed by atoms with van der Waals surface area (Å²) in [6.07, 6.45) is 1.74. The molecule has 0 fully saturated rings. The number of hydrogen-bond donors (Lipinski definition) is 0. The topological polar surface area (TPSA) is 36.7 Å². The van der Waals surface area contributed by atoms with E-state index in [0.717, 1.165) is 15.7 Å². The molecule has 2 nitrogen and oxygen atoms in total. The Kier molecular flexibility index (Phi) is 2.72. The van der Waals surface area contributed by atoms with Gasteiger partial charge in [-0.2, -0.15) is 5.26 Å². The van der Waals surface area contributed by atoms with Crippen molar-refractivity contribution in [2.45, 2.75) is 26.2 Å². The van der Waals surface area contributed by atoms with Crippen LogP contribution in [0.2, 0.25) is 0 Å². The van der Waals surface area contributed by atoms with E-state index in [1.165, 1.54) is 0 Å². The van der Waals surface area contributed by atoms with Crippen molar-refractivity contribution in [3.05, 3.63) is 28.0 Å². The Morgan fingerprint density at radius 1 is 1.54 bits per heavy atom. The number of hydrogen-bond acceptors (Lipinski definition) is 2. The first kappa shape index (κ1) is 10.2. The van der Waals surface area contributed by atoms with Crippen molar-refractivity contribution in [1.29, 1.82) is 5.26 Å². The van der Waals surface area contributed by atoms with E-state index in [1.807, 2.05) is 26.8 Å². The minimum atomic E-state index is -0.460. The summed E-state index contributed by atoms with van der Waals surface area (Å²) in [5.74, 6) is 0. The van der Waals surface area contributed by atoms with Crippen molar-refractivity contribution in [3.8, 4) is 6.07 Å². The molecule has 0 saturated heterocycles. The van der Waals surface area contributed by atoms with Gasteiger partial charge in [-0.25, -0.2) is 4.98 Å². The maximum absolute atomic E-state index is 8.92. The molecule has 1 aromatic heterocycles. The Morgan fingerprint density at radius 3 is 2.62 bits per heavy atom. The zero-order chi connectivity index (χ0) is 10.1. The van der Waals surface area contributed by atoms with Gasteiger partial charge in [-0.05, 0) is 47.8 Å². The lowest BCUT2D eigenvalue weighted by molar-refractivity contribution is 0.681. The second-order valence-corrected chi connectivity index (χ2v) is 4.32.